The second-order valence-corrected chi connectivity index (χ2v) is 2.53. The summed E-state index contributed by atoms with van der Waals surface area (Å²) in [6.07, 6.45) is -1.39. The fourth-order valence-corrected chi connectivity index (χ4v) is 0.879. The zero-order valence-corrected chi connectivity index (χ0v) is 6.28. The Labute approximate surface area is 64.2 Å². The summed E-state index contributed by atoms with van der Waals surface area (Å²) in [5.41, 5.74) is 0. The first-order valence-electron chi connectivity index (χ1n) is 2.79. The maximum absolute atomic E-state index is 10.2. The molecule has 0 saturated carbocycles. The third-order valence-corrected chi connectivity index (χ3v) is 1.38. The molecule has 1 atom stereocenters. The van der Waals surface area contributed by atoms with Gasteiger partial charge >= 0.3 is 6.16 Å². The second-order valence-electron chi connectivity index (χ2n) is 1.82. The van der Waals surface area contributed by atoms with Crippen molar-refractivity contribution in [3.05, 3.63) is 0 Å². The van der Waals surface area contributed by atoms with Crippen LogP contribution >= 0.6 is 0 Å². The second kappa shape index (κ2) is 3.54. The molecule has 11 heavy (non-hydrogen) atoms. The Morgan fingerprint density at radius 1 is 1.64 bits per heavy atom. The highest BCUT2D eigenvalue weighted by atomic mass is 32.2. The molecule has 0 bridgehead atoms. The minimum Gasteiger partial charge on any atom is -0.430 e. The molecule has 6 nitrogen and oxygen atoms in total. The van der Waals surface area contributed by atoms with Gasteiger partial charge in [0.2, 0.25) is 0 Å². The van der Waals surface area contributed by atoms with Gasteiger partial charge in [-0.3, -0.25) is 4.18 Å². The van der Waals surface area contributed by atoms with Crippen LogP contribution < -0.4 is 0 Å². The smallest absolute Gasteiger partial charge is 0.430 e. The molecule has 0 radical (unpaired) electrons. The third-order valence-electron chi connectivity index (χ3n) is 1.02. The Hall–Kier alpha value is -0.820. The van der Waals surface area contributed by atoms with Gasteiger partial charge in [-0.2, -0.15) is 0 Å². The Kier molecular flexibility index (Phi) is 2.66. The Morgan fingerprint density at radius 3 is 2.82 bits per heavy atom. The number of hydrogen-bond acceptors (Lipinski definition) is 6. The molecule has 64 valence electrons. The predicted molar refractivity (Wildman–Crippen MR) is 32.5 cm³/mol. The van der Waals surface area contributed by atoms with Crippen molar-refractivity contribution in [2.45, 2.75) is 6.10 Å². The van der Waals surface area contributed by atoms with E-state index < -0.39 is 23.2 Å². The van der Waals surface area contributed by atoms with Crippen LogP contribution in [0.2, 0.25) is 0 Å². The average molecular weight is 182 g/mol. The van der Waals surface area contributed by atoms with Crippen LogP contribution in [0, 0.1) is 0 Å². The minimum absolute atomic E-state index is 0.0437. The third kappa shape index (κ3) is 2.72. The Morgan fingerprint density at radius 2 is 2.36 bits per heavy atom. The first-order chi connectivity index (χ1) is 5.18. The Bertz CT molecular complexity index is 213. The molecule has 7 heteroatoms. The van der Waals surface area contributed by atoms with Gasteiger partial charge in [0, 0.05) is 0 Å². The maximum atomic E-state index is 10.2. The summed E-state index contributed by atoms with van der Waals surface area (Å²) in [4.78, 5) is 10.2. The van der Waals surface area contributed by atoms with Crippen molar-refractivity contribution < 1.29 is 26.9 Å². The van der Waals surface area contributed by atoms with Crippen LogP contribution in [-0.4, -0.2) is 33.9 Å². The highest BCUT2D eigenvalue weighted by Crippen LogP contribution is 2.05. The van der Waals surface area contributed by atoms with E-state index in [0.717, 1.165) is 0 Å². The van der Waals surface area contributed by atoms with Gasteiger partial charge < -0.3 is 9.47 Å². The van der Waals surface area contributed by atoms with Crippen LogP contribution in [0.25, 0.3) is 0 Å². The molecule has 1 aliphatic rings. The molecular formula is C4H6O6S. The molecule has 0 aliphatic carbocycles. The fourth-order valence-electron chi connectivity index (χ4n) is 0.591. The van der Waals surface area contributed by atoms with Gasteiger partial charge in [0.25, 0.3) is 11.0 Å². The molecule has 1 rings (SSSR count). The molecule has 0 spiro atoms. The summed E-state index contributed by atoms with van der Waals surface area (Å²) in [5.74, 6) is 0. The molecule has 1 fully saturated rings. The number of carbonyl (C=O) groups excluding carboxylic acids is 1. The van der Waals surface area contributed by atoms with Crippen molar-refractivity contribution in [2.75, 3.05) is 13.2 Å². The quantitative estimate of drug-likeness (QED) is 0.448. The number of carbonyl (C=O) groups is 1. The number of cyclic esters (lactones) is 2. The van der Waals surface area contributed by atoms with Crippen LogP contribution in [-0.2, 0) is 24.6 Å². The van der Waals surface area contributed by atoms with Crippen LogP contribution in [0.4, 0.5) is 4.79 Å². The van der Waals surface area contributed by atoms with Gasteiger partial charge in [-0.1, -0.05) is 0 Å². The van der Waals surface area contributed by atoms with E-state index in [1.165, 1.54) is 0 Å². The molecule has 0 aromatic rings. The summed E-state index contributed by atoms with van der Waals surface area (Å²) in [5, 5.41) is 0. The standard InChI is InChI=1S/C4H6O6S/c5-4-8-1-3(10-4)2-9-11(6)7/h3,11H,1-2H2. The molecule has 0 amide bonds. The van der Waals surface area contributed by atoms with E-state index in [-0.39, 0.29) is 13.2 Å². The number of ether oxygens (including phenoxy) is 2. The van der Waals surface area contributed by atoms with Crippen LogP contribution in [0.15, 0.2) is 0 Å². The van der Waals surface area contributed by atoms with Crippen molar-refractivity contribution in [1.29, 1.82) is 0 Å². The molecule has 1 aliphatic heterocycles. The van der Waals surface area contributed by atoms with E-state index in [0.29, 0.717) is 0 Å². The van der Waals surface area contributed by atoms with Crippen molar-refractivity contribution in [3.8, 4) is 0 Å². The summed E-state index contributed by atoms with van der Waals surface area (Å²) in [6.45, 7) is -0.132. The van der Waals surface area contributed by atoms with Gasteiger partial charge in [0.15, 0.2) is 6.10 Å². The highest BCUT2D eigenvalue weighted by molar-refractivity contribution is 7.67. The SMILES string of the molecule is O=C1OCC(CO[SH](=O)=O)O1. The number of thiol groups is 1. The van der Waals surface area contributed by atoms with E-state index >= 15 is 0 Å². The van der Waals surface area contributed by atoms with Gasteiger partial charge in [-0.15, -0.1) is 0 Å². The average Bonchev–Trinajstić information content (AvgIpc) is 2.31. The molecule has 0 aromatic heterocycles. The zero-order chi connectivity index (χ0) is 8.27. The van der Waals surface area contributed by atoms with E-state index in [9.17, 15) is 13.2 Å². The van der Waals surface area contributed by atoms with Gasteiger partial charge in [0.1, 0.15) is 13.2 Å². The lowest BCUT2D eigenvalue weighted by atomic mass is 10.4. The lowest BCUT2D eigenvalue weighted by Crippen LogP contribution is -2.17. The monoisotopic (exact) mass is 182 g/mol. The van der Waals surface area contributed by atoms with Crippen LogP contribution in [0.1, 0.15) is 0 Å². The summed E-state index contributed by atoms with van der Waals surface area (Å²) in [7, 11) is -2.88. The zero-order valence-electron chi connectivity index (χ0n) is 5.39. The molecule has 1 unspecified atom stereocenters. The topological polar surface area (TPSA) is 78.9 Å². The molecule has 0 N–H and O–H groups in total. The van der Waals surface area contributed by atoms with E-state index in [2.05, 4.69) is 13.7 Å². The maximum Gasteiger partial charge on any atom is 0.508 e. The van der Waals surface area contributed by atoms with Crippen molar-refractivity contribution in [3.63, 3.8) is 0 Å². The van der Waals surface area contributed by atoms with Crippen LogP contribution in [0.5, 0.6) is 0 Å². The fraction of sp³-hybridized carbons (Fsp3) is 0.750. The van der Waals surface area contributed by atoms with Crippen LogP contribution in [0.3, 0.4) is 0 Å². The molecule has 0 aromatic carbocycles. The van der Waals surface area contributed by atoms with Crippen molar-refractivity contribution in [2.24, 2.45) is 0 Å². The highest BCUT2D eigenvalue weighted by Gasteiger charge is 2.25. The Balaban J connectivity index is 2.23. The summed E-state index contributed by atoms with van der Waals surface area (Å²) < 4.78 is 32.7. The number of hydrogen-bond donors (Lipinski definition) is 1. The summed E-state index contributed by atoms with van der Waals surface area (Å²) in [6, 6.07) is 0. The molecule has 1 heterocycles. The number of rotatable bonds is 3. The molecule has 1 saturated heterocycles. The molecular weight excluding hydrogens is 176 g/mol. The lowest BCUT2D eigenvalue weighted by Gasteiger charge is -2.00. The van der Waals surface area contributed by atoms with E-state index in [1.807, 2.05) is 0 Å². The predicted octanol–water partition coefficient (Wildman–Crippen LogP) is -0.935. The van der Waals surface area contributed by atoms with Crippen molar-refractivity contribution >= 4 is 17.1 Å². The first kappa shape index (κ1) is 8.28. The summed E-state index contributed by atoms with van der Waals surface area (Å²) >= 11 is 0. The van der Waals surface area contributed by atoms with E-state index in [4.69, 9.17) is 0 Å². The normalized spacial score (nSPS) is 23.4. The minimum atomic E-state index is -2.88. The van der Waals surface area contributed by atoms with Gasteiger partial charge in [0.05, 0.1) is 0 Å². The largest absolute Gasteiger partial charge is 0.508 e. The lowest BCUT2D eigenvalue weighted by molar-refractivity contribution is 0.101. The van der Waals surface area contributed by atoms with Crippen molar-refractivity contribution in [1.82, 2.24) is 0 Å². The first-order valence-corrected chi connectivity index (χ1v) is 3.89. The van der Waals surface area contributed by atoms with Gasteiger partial charge in [-0.25, -0.2) is 13.2 Å². The van der Waals surface area contributed by atoms with Gasteiger partial charge in [-0.05, 0) is 0 Å². The van der Waals surface area contributed by atoms with E-state index in [1.54, 1.807) is 0 Å².